The second kappa shape index (κ2) is 3.76. The third-order valence-electron chi connectivity index (χ3n) is 3.15. The summed E-state index contributed by atoms with van der Waals surface area (Å²) < 4.78 is 14.8. The molecule has 2 aromatic heterocycles. The van der Waals surface area contributed by atoms with Crippen LogP contribution in [0.3, 0.4) is 0 Å². The molecule has 0 amide bonds. The zero-order valence-corrected chi connectivity index (χ0v) is 9.23. The number of nitrogens with zero attached hydrogens (tertiary/aromatic N) is 3. The Kier molecular flexibility index (Phi) is 2.32. The minimum Gasteiger partial charge on any atom is -0.387 e. The Morgan fingerprint density at radius 3 is 2.78 bits per heavy atom. The maximum absolute atomic E-state index is 13.3. The van der Waals surface area contributed by atoms with Gasteiger partial charge in [0.25, 0.3) is 0 Å². The third kappa shape index (κ3) is 1.41. The summed E-state index contributed by atoms with van der Waals surface area (Å²) in [7, 11) is 0. The molecule has 0 saturated heterocycles. The average Bonchev–Trinajstić information content (AvgIpc) is 2.88. The second-order valence-corrected chi connectivity index (χ2v) is 4.20. The predicted octanol–water partition coefficient (Wildman–Crippen LogP) is 0.143. The van der Waals surface area contributed by atoms with Crippen LogP contribution in [-0.4, -0.2) is 37.0 Å². The van der Waals surface area contributed by atoms with Gasteiger partial charge in [-0.05, 0) is 12.1 Å². The number of anilines is 1. The fraction of sp³-hybridized carbons (Fsp3) is 0.273. The molecule has 3 rings (SSSR count). The van der Waals surface area contributed by atoms with Crippen LogP contribution in [0.1, 0.15) is 6.04 Å². The molecule has 1 aliphatic carbocycles. The molecule has 7 heteroatoms. The van der Waals surface area contributed by atoms with E-state index in [0.717, 1.165) is 0 Å². The van der Waals surface area contributed by atoms with Crippen LogP contribution in [0.2, 0.25) is 0 Å². The molecular weight excluding hydrogens is 239 g/mol. The molecule has 0 bridgehead atoms. The van der Waals surface area contributed by atoms with Crippen molar-refractivity contribution < 1.29 is 14.6 Å². The lowest BCUT2D eigenvalue weighted by Crippen LogP contribution is -2.28. The highest BCUT2D eigenvalue weighted by Gasteiger charge is 2.36. The third-order valence-corrected chi connectivity index (χ3v) is 3.15. The Balaban J connectivity index is 2.14. The molecule has 94 valence electrons. The molecular formula is C11H11FN4O2. The molecule has 4 N–H and O–H groups in total. The number of aromatic nitrogens is 3. The average molecular weight is 250 g/mol. The molecule has 0 radical (unpaired) electrons. The molecule has 6 nitrogen and oxygen atoms in total. The maximum Gasteiger partial charge on any atom is 0.146 e. The van der Waals surface area contributed by atoms with Gasteiger partial charge in [-0.3, -0.25) is 0 Å². The number of nitrogen functional groups attached to an aromatic ring is 1. The summed E-state index contributed by atoms with van der Waals surface area (Å²) >= 11 is 0. The summed E-state index contributed by atoms with van der Waals surface area (Å²) in [4.78, 5) is 7.91. The molecule has 0 fully saturated rings. The Morgan fingerprint density at radius 2 is 2.11 bits per heavy atom. The van der Waals surface area contributed by atoms with Crippen molar-refractivity contribution in [2.24, 2.45) is 0 Å². The van der Waals surface area contributed by atoms with E-state index in [1.54, 1.807) is 16.8 Å². The number of aliphatic hydroxyl groups is 2. The fourth-order valence-electron chi connectivity index (χ4n) is 2.19. The van der Waals surface area contributed by atoms with E-state index in [1.165, 1.54) is 12.4 Å². The van der Waals surface area contributed by atoms with E-state index in [1.807, 2.05) is 0 Å². The van der Waals surface area contributed by atoms with Crippen LogP contribution in [0.25, 0.3) is 11.0 Å². The van der Waals surface area contributed by atoms with Gasteiger partial charge in [0, 0.05) is 6.20 Å². The zero-order valence-electron chi connectivity index (χ0n) is 9.23. The van der Waals surface area contributed by atoms with Gasteiger partial charge in [-0.2, -0.15) is 0 Å². The van der Waals surface area contributed by atoms with Gasteiger partial charge in [0.2, 0.25) is 0 Å². The highest BCUT2D eigenvalue weighted by Crippen LogP contribution is 2.32. The molecule has 3 atom stereocenters. The van der Waals surface area contributed by atoms with Crippen molar-refractivity contribution in [2.45, 2.75) is 18.2 Å². The van der Waals surface area contributed by atoms with Crippen molar-refractivity contribution in [3.63, 3.8) is 0 Å². The van der Waals surface area contributed by atoms with Gasteiger partial charge in [0.15, 0.2) is 0 Å². The summed E-state index contributed by atoms with van der Waals surface area (Å²) in [5, 5.41) is 19.8. The minimum atomic E-state index is -1.49. The van der Waals surface area contributed by atoms with Gasteiger partial charge in [-0.1, -0.05) is 0 Å². The lowest BCUT2D eigenvalue weighted by Gasteiger charge is -2.18. The van der Waals surface area contributed by atoms with Crippen LogP contribution in [0.5, 0.6) is 0 Å². The van der Waals surface area contributed by atoms with Crippen LogP contribution >= 0.6 is 0 Å². The number of rotatable bonds is 1. The van der Waals surface area contributed by atoms with Crippen LogP contribution in [0.4, 0.5) is 10.2 Å². The van der Waals surface area contributed by atoms with Crippen LogP contribution < -0.4 is 5.73 Å². The molecule has 0 unspecified atom stereocenters. The highest BCUT2D eigenvalue weighted by atomic mass is 19.1. The number of nitrogens with two attached hydrogens (primary N) is 1. The zero-order chi connectivity index (χ0) is 12.9. The van der Waals surface area contributed by atoms with Gasteiger partial charge in [0.05, 0.1) is 11.4 Å². The molecule has 2 heterocycles. The number of fused-ring (bicyclic) bond motifs is 1. The van der Waals surface area contributed by atoms with E-state index in [0.29, 0.717) is 16.9 Å². The monoisotopic (exact) mass is 250 g/mol. The number of hydrogen-bond donors (Lipinski definition) is 3. The van der Waals surface area contributed by atoms with E-state index in [2.05, 4.69) is 9.97 Å². The van der Waals surface area contributed by atoms with Crippen LogP contribution in [0, 0.1) is 0 Å². The van der Waals surface area contributed by atoms with Crippen molar-refractivity contribution in [1.29, 1.82) is 0 Å². The van der Waals surface area contributed by atoms with Crippen LogP contribution in [0.15, 0.2) is 30.5 Å². The molecule has 0 saturated carbocycles. The predicted molar refractivity (Wildman–Crippen MR) is 62.2 cm³/mol. The summed E-state index contributed by atoms with van der Waals surface area (Å²) in [6.45, 7) is 0. The fourth-order valence-corrected chi connectivity index (χ4v) is 2.19. The molecule has 2 aromatic rings. The lowest BCUT2D eigenvalue weighted by molar-refractivity contribution is 0.0243. The van der Waals surface area contributed by atoms with E-state index in [9.17, 15) is 14.6 Å². The Labute approximate surface area is 101 Å². The lowest BCUT2D eigenvalue weighted by atomic mass is 10.2. The Hall–Kier alpha value is -1.99. The first-order chi connectivity index (χ1) is 8.59. The minimum absolute atomic E-state index is 0.316. The summed E-state index contributed by atoms with van der Waals surface area (Å²) in [5.41, 5.74) is 6.18. The standard InChI is InChI=1S/C11H11FN4O2/c12-6-3-7(9(18)8(6)17)16-2-1-5-10(13)14-4-15-11(5)16/h1-4,7-9,17-18H,(H2,13,14,15)/t7-,8-,9+/m1/s1. The quantitative estimate of drug-likeness (QED) is 0.669. The van der Waals surface area contributed by atoms with E-state index >= 15 is 0 Å². The maximum atomic E-state index is 13.3. The van der Waals surface area contributed by atoms with Crippen molar-refractivity contribution in [1.82, 2.24) is 14.5 Å². The summed E-state index contributed by atoms with van der Waals surface area (Å²) in [6, 6.07) is 0.986. The molecule has 0 spiro atoms. The summed E-state index contributed by atoms with van der Waals surface area (Å²) in [6.07, 6.45) is 1.37. The first-order valence-corrected chi connectivity index (χ1v) is 5.40. The van der Waals surface area contributed by atoms with Crippen molar-refractivity contribution >= 4 is 16.9 Å². The highest BCUT2D eigenvalue weighted by molar-refractivity contribution is 5.86. The van der Waals surface area contributed by atoms with Gasteiger partial charge in [0.1, 0.15) is 35.8 Å². The van der Waals surface area contributed by atoms with Gasteiger partial charge in [-0.15, -0.1) is 0 Å². The van der Waals surface area contributed by atoms with Gasteiger partial charge >= 0.3 is 0 Å². The van der Waals surface area contributed by atoms with Crippen molar-refractivity contribution in [3.8, 4) is 0 Å². The van der Waals surface area contributed by atoms with Gasteiger partial charge in [-0.25, -0.2) is 14.4 Å². The SMILES string of the molecule is Nc1ncnc2c1ccn2[C@@H]1C=C(F)[C@@H](O)[C@H]1O. The topological polar surface area (TPSA) is 97.2 Å². The first kappa shape index (κ1) is 11.1. The Bertz CT molecular complexity index is 639. The normalized spacial score (nSPS) is 27.7. The first-order valence-electron chi connectivity index (χ1n) is 5.40. The molecule has 0 aromatic carbocycles. The molecule has 0 aliphatic heterocycles. The largest absolute Gasteiger partial charge is 0.387 e. The van der Waals surface area contributed by atoms with E-state index in [-0.39, 0.29) is 0 Å². The molecule has 1 aliphatic rings. The van der Waals surface area contributed by atoms with Gasteiger partial charge < -0.3 is 20.5 Å². The van der Waals surface area contributed by atoms with Crippen molar-refractivity contribution in [2.75, 3.05) is 5.73 Å². The second-order valence-electron chi connectivity index (χ2n) is 4.20. The smallest absolute Gasteiger partial charge is 0.146 e. The number of hydrogen-bond acceptors (Lipinski definition) is 5. The van der Waals surface area contributed by atoms with Crippen molar-refractivity contribution in [3.05, 3.63) is 30.5 Å². The molecule has 18 heavy (non-hydrogen) atoms. The summed E-state index contributed by atoms with van der Waals surface area (Å²) in [5.74, 6) is -0.424. The Morgan fingerprint density at radius 1 is 1.33 bits per heavy atom. The van der Waals surface area contributed by atoms with Crippen LogP contribution in [-0.2, 0) is 0 Å². The number of halogens is 1. The number of aliphatic hydroxyl groups excluding tert-OH is 2. The van der Waals surface area contributed by atoms with E-state index in [4.69, 9.17) is 5.73 Å². The van der Waals surface area contributed by atoms with E-state index < -0.39 is 24.1 Å².